The largest absolute Gasteiger partial charge is 0.479 e. The van der Waals surface area contributed by atoms with Crippen LogP contribution < -0.4 is 4.90 Å². The molecular formula is C21H28N2O5. The molecule has 2 N–H and O–H groups in total. The summed E-state index contributed by atoms with van der Waals surface area (Å²) in [7, 11) is 0. The molecule has 28 heavy (non-hydrogen) atoms. The van der Waals surface area contributed by atoms with Crippen molar-refractivity contribution in [3.05, 3.63) is 29.8 Å². The number of aliphatic hydroxyl groups is 1. The fourth-order valence-electron chi connectivity index (χ4n) is 4.04. The molecule has 3 rings (SSSR count). The molecule has 0 radical (unpaired) electrons. The zero-order valence-electron chi connectivity index (χ0n) is 16.4. The number of carboxylic acid groups (broad SMARTS) is 1. The Morgan fingerprint density at radius 3 is 2.50 bits per heavy atom. The molecule has 152 valence electrons. The van der Waals surface area contributed by atoms with Gasteiger partial charge in [-0.1, -0.05) is 32.0 Å². The topological polar surface area (TPSA) is 98.2 Å². The van der Waals surface area contributed by atoms with Gasteiger partial charge in [-0.3, -0.25) is 9.59 Å². The van der Waals surface area contributed by atoms with E-state index in [0.29, 0.717) is 12.5 Å². The van der Waals surface area contributed by atoms with Gasteiger partial charge < -0.3 is 20.0 Å². The van der Waals surface area contributed by atoms with Crippen molar-refractivity contribution in [1.29, 1.82) is 0 Å². The summed E-state index contributed by atoms with van der Waals surface area (Å²) in [6.07, 6.45) is 1.14. The first-order valence-corrected chi connectivity index (χ1v) is 9.90. The minimum atomic E-state index is -1.76. The Hall–Kier alpha value is -2.41. The summed E-state index contributed by atoms with van der Waals surface area (Å²) in [5, 5.41) is 19.2. The third kappa shape index (κ3) is 3.76. The van der Waals surface area contributed by atoms with Gasteiger partial charge in [-0.05, 0) is 24.0 Å². The Morgan fingerprint density at radius 2 is 1.89 bits per heavy atom. The molecule has 7 nitrogen and oxygen atoms in total. The first-order valence-electron chi connectivity index (χ1n) is 9.90. The molecule has 2 amide bonds. The van der Waals surface area contributed by atoms with Gasteiger partial charge in [-0.2, -0.15) is 0 Å². The van der Waals surface area contributed by atoms with Crippen LogP contribution in [-0.4, -0.2) is 58.1 Å². The van der Waals surface area contributed by atoms with Gasteiger partial charge in [0.1, 0.15) is 0 Å². The summed E-state index contributed by atoms with van der Waals surface area (Å²) >= 11 is 0. The van der Waals surface area contributed by atoms with Crippen LogP contribution >= 0.6 is 0 Å². The highest BCUT2D eigenvalue weighted by Gasteiger charge is 2.43. The van der Waals surface area contributed by atoms with Gasteiger partial charge in [-0.15, -0.1) is 0 Å². The van der Waals surface area contributed by atoms with Crippen molar-refractivity contribution in [2.45, 2.75) is 51.0 Å². The van der Waals surface area contributed by atoms with Crippen molar-refractivity contribution >= 4 is 23.5 Å². The minimum absolute atomic E-state index is 0.00923. The summed E-state index contributed by atoms with van der Waals surface area (Å²) in [6, 6.07) is 7.83. The van der Waals surface area contributed by atoms with Crippen LogP contribution in [0, 0.1) is 5.92 Å². The first kappa shape index (κ1) is 20.3. The fraction of sp³-hybridized carbons (Fsp3) is 0.571. The number of hydrogen-bond donors (Lipinski definition) is 2. The van der Waals surface area contributed by atoms with Crippen LogP contribution in [0.3, 0.4) is 0 Å². The Kier molecular flexibility index (Phi) is 5.74. The molecule has 2 aliphatic rings. The number of carbonyl (C=O) groups excluding carboxylic acids is 2. The monoisotopic (exact) mass is 388 g/mol. The number of para-hydroxylation sites is 1. The summed E-state index contributed by atoms with van der Waals surface area (Å²) in [6.45, 7) is 4.95. The number of nitrogens with zero attached hydrogens (tertiary/aromatic N) is 2. The van der Waals surface area contributed by atoms with Crippen LogP contribution in [0.25, 0.3) is 0 Å². The Balaban J connectivity index is 1.70. The Labute approximate surface area is 164 Å². The highest BCUT2D eigenvalue weighted by molar-refractivity contribution is 6.01. The second-order valence-corrected chi connectivity index (χ2v) is 7.94. The van der Waals surface area contributed by atoms with E-state index in [-0.39, 0.29) is 44.2 Å². The molecule has 0 spiro atoms. The van der Waals surface area contributed by atoms with Gasteiger partial charge in [0.2, 0.25) is 11.8 Å². The highest BCUT2D eigenvalue weighted by Crippen LogP contribution is 2.34. The molecule has 2 fully saturated rings. The number of anilines is 1. The van der Waals surface area contributed by atoms with Crippen LogP contribution in [-0.2, 0) is 14.4 Å². The van der Waals surface area contributed by atoms with E-state index in [1.54, 1.807) is 9.80 Å². The van der Waals surface area contributed by atoms with E-state index in [0.717, 1.165) is 17.7 Å². The molecule has 0 aromatic heterocycles. The number of amides is 2. The Bertz CT molecular complexity index is 770. The summed E-state index contributed by atoms with van der Waals surface area (Å²) < 4.78 is 0. The van der Waals surface area contributed by atoms with Crippen LogP contribution in [0.4, 0.5) is 5.69 Å². The molecule has 0 aliphatic carbocycles. The predicted octanol–water partition coefficient (Wildman–Crippen LogP) is 1.99. The van der Waals surface area contributed by atoms with Crippen molar-refractivity contribution in [2.24, 2.45) is 5.92 Å². The smallest absolute Gasteiger partial charge is 0.335 e. The third-order valence-corrected chi connectivity index (χ3v) is 6.15. The number of benzene rings is 1. The van der Waals surface area contributed by atoms with E-state index in [2.05, 4.69) is 13.8 Å². The molecule has 1 aromatic rings. The summed E-state index contributed by atoms with van der Waals surface area (Å²) in [5.41, 5.74) is 0.218. The molecule has 2 saturated heterocycles. The average Bonchev–Trinajstić information content (AvgIpc) is 3.08. The second-order valence-electron chi connectivity index (χ2n) is 7.94. The molecule has 2 heterocycles. The van der Waals surface area contributed by atoms with Crippen molar-refractivity contribution in [3.8, 4) is 0 Å². The number of piperidine rings is 1. The van der Waals surface area contributed by atoms with Gasteiger partial charge in [0.05, 0.1) is 5.92 Å². The van der Waals surface area contributed by atoms with Crippen molar-refractivity contribution in [2.75, 3.05) is 24.5 Å². The average molecular weight is 388 g/mol. The standard InChI is InChI=1S/C21H28N2O5/c1-3-14(2)16-6-4-5-7-17(16)23-13-15(12-18(23)24)19(25)22-10-8-21(28,9-11-22)20(26)27/h4-7,14-15,28H,3,8-13H2,1-2H3,(H,26,27). The zero-order chi connectivity index (χ0) is 20.5. The molecule has 7 heteroatoms. The zero-order valence-corrected chi connectivity index (χ0v) is 16.4. The van der Waals surface area contributed by atoms with Crippen molar-refractivity contribution in [1.82, 2.24) is 4.90 Å². The molecular weight excluding hydrogens is 360 g/mol. The van der Waals surface area contributed by atoms with Gasteiger partial charge in [0, 0.05) is 44.6 Å². The maximum atomic E-state index is 12.9. The Morgan fingerprint density at radius 1 is 1.25 bits per heavy atom. The van der Waals surface area contributed by atoms with E-state index in [4.69, 9.17) is 5.11 Å². The van der Waals surface area contributed by atoms with Crippen LogP contribution in [0.15, 0.2) is 24.3 Å². The lowest BCUT2D eigenvalue weighted by atomic mass is 9.91. The quantitative estimate of drug-likeness (QED) is 0.804. The summed E-state index contributed by atoms with van der Waals surface area (Å²) in [4.78, 5) is 40.0. The number of carbonyl (C=O) groups is 3. The van der Waals surface area contributed by atoms with E-state index in [1.807, 2.05) is 24.3 Å². The third-order valence-electron chi connectivity index (χ3n) is 6.15. The molecule has 2 unspecified atom stereocenters. The molecule has 0 bridgehead atoms. The maximum Gasteiger partial charge on any atom is 0.335 e. The number of aliphatic carboxylic acids is 1. The summed E-state index contributed by atoms with van der Waals surface area (Å²) in [5.74, 6) is -1.57. The molecule has 2 aliphatic heterocycles. The van der Waals surface area contributed by atoms with E-state index < -0.39 is 17.5 Å². The highest BCUT2D eigenvalue weighted by atomic mass is 16.4. The minimum Gasteiger partial charge on any atom is -0.479 e. The maximum absolute atomic E-state index is 12.9. The fourth-order valence-corrected chi connectivity index (χ4v) is 4.04. The van der Waals surface area contributed by atoms with Crippen LogP contribution in [0.2, 0.25) is 0 Å². The normalized spacial score (nSPS) is 23.0. The van der Waals surface area contributed by atoms with Gasteiger partial charge in [-0.25, -0.2) is 4.79 Å². The van der Waals surface area contributed by atoms with Crippen molar-refractivity contribution < 1.29 is 24.6 Å². The number of likely N-dealkylation sites (tertiary alicyclic amines) is 1. The van der Waals surface area contributed by atoms with Gasteiger partial charge in [0.25, 0.3) is 0 Å². The van der Waals surface area contributed by atoms with Crippen molar-refractivity contribution in [3.63, 3.8) is 0 Å². The van der Waals surface area contributed by atoms with Gasteiger partial charge >= 0.3 is 5.97 Å². The second kappa shape index (κ2) is 7.91. The van der Waals surface area contributed by atoms with Crippen LogP contribution in [0.1, 0.15) is 51.0 Å². The molecule has 1 aromatic carbocycles. The molecule has 2 atom stereocenters. The van der Waals surface area contributed by atoms with Gasteiger partial charge in [0.15, 0.2) is 5.60 Å². The first-order chi connectivity index (χ1) is 13.3. The number of carboxylic acids is 1. The lowest BCUT2D eigenvalue weighted by Gasteiger charge is -2.36. The number of hydrogen-bond acceptors (Lipinski definition) is 4. The van der Waals surface area contributed by atoms with E-state index in [9.17, 15) is 19.5 Å². The lowest BCUT2D eigenvalue weighted by Crippen LogP contribution is -2.52. The lowest BCUT2D eigenvalue weighted by molar-refractivity contribution is -0.165. The number of rotatable bonds is 5. The van der Waals surface area contributed by atoms with E-state index in [1.165, 1.54) is 0 Å². The van der Waals surface area contributed by atoms with Crippen LogP contribution in [0.5, 0.6) is 0 Å². The van der Waals surface area contributed by atoms with E-state index >= 15 is 0 Å². The SMILES string of the molecule is CCC(C)c1ccccc1N1CC(C(=O)N2CCC(O)(C(=O)O)CC2)CC1=O. The predicted molar refractivity (Wildman–Crippen MR) is 104 cm³/mol. The molecule has 0 saturated carbocycles.